The molecule has 0 aromatic carbocycles. The molecule has 0 spiro atoms. The highest BCUT2D eigenvalue weighted by molar-refractivity contribution is 7.53. The topological polar surface area (TPSA) is 139 Å². The number of hydrogen-bond acceptors (Lipinski definition) is 4. The van der Waals surface area contributed by atoms with Crippen molar-refractivity contribution < 1.29 is 33.8 Å². The van der Waals surface area contributed by atoms with Gasteiger partial charge in [-0.2, -0.15) is 0 Å². The Hall–Kier alpha value is 0.220. The minimum atomic E-state index is -4.77. The molecule has 8 nitrogen and oxygen atoms in total. The van der Waals surface area contributed by atoms with Crippen molar-refractivity contribution in [2.75, 3.05) is 13.6 Å². The Bertz CT molecular complexity index is 352. The molecule has 0 fully saturated rings. The first-order valence-electron chi connectivity index (χ1n) is 5.98. The van der Waals surface area contributed by atoms with Gasteiger partial charge in [-0.3, -0.25) is 14.0 Å². The summed E-state index contributed by atoms with van der Waals surface area (Å²) in [6.07, 6.45) is 1.88. The van der Waals surface area contributed by atoms with Crippen LogP contribution in [0.4, 0.5) is 0 Å². The van der Waals surface area contributed by atoms with E-state index in [9.17, 15) is 24.0 Å². The van der Waals surface area contributed by atoms with Gasteiger partial charge < -0.3 is 24.7 Å². The quantitative estimate of drug-likeness (QED) is 0.306. The predicted octanol–water partition coefficient (Wildman–Crippen LogP) is 0.498. The summed E-state index contributed by atoms with van der Waals surface area (Å²) in [5.41, 5.74) is 0. The van der Waals surface area contributed by atoms with Gasteiger partial charge in [-0.25, -0.2) is 0 Å². The highest BCUT2D eigenvalue weighted by atomic mass is 31.2. The van der Waals surface area contributed by atoms with Gasteiger partial charge in [-0.05, 0) is 20.0 Å². The third-order valence-corrected chi connectivity index (χ3v) is 5.19. The largest absolute Gasteiger partial charge is 0.380 e. The maximum absolute atomic E-state index is 11.4. The fourth-order valence-electron chi connectivity index (χ4n) is 1.66. The van der Waals surface area contributed by atoms with Gasteiger partial charge in [-0.1, -0.05) is 19.8 Å². The molecular formula is C9H23NO7P2. The Morgan fingerprint density at radius 2 is 1.58 bits per heavy atom. The number of aliphatic hydroxyl groups excluding tert-OH is 1. The lowest BCUT2D eigenvalue weighted by atomic mass is 10.2. The number of aliphatic hydroxyl groups is 1. The lowest BCUT2D eigenvalue weighted by molar-refractivity contribution is 0.153. The van der Waals surface area contributed by atoms with Gasteiger partial charge in [0.15, 0.2) is 5.85 Å². The molecule has 0 bridgehead atoms. The zero-order chi connectivity index (χ0) is 15.3. The Kier molecular flexibility index (Phi) is 7.95. The minimum Gasteiger partial charge on any atom is -0.380 e. The van der Waals surface area contributed by atoms with E-state index in [1.807, 2.05) is 6.92 Å². The Balaban J connectivity index is 4.74. The molecule has 0 amide bonds. The van der Waals surface area contributed by atoms with E-state index in [4.69, 9.17) is 9.79 Å². The van der Waals surface area contributed by atoms with E-state index >= 15 is 0 Å². The lowest BCUT2D eigenvalue weighted by Gasteiger charge is -2.30. The molecule has 0 radical (unpaired) electrons. The molecule has 0 rings (SSSR count). The molecule has 2 atom stereocenters. The van der Waals surface area contributed by atoms with Crippen molar-refractivity contribution in [3.63, 3.8) is 0 Å². The van der Waals surface area contributed by atoms with E-state index in [-0.39, 0.29) is 0 Å². The summed E-state index contributed by atoms with van der Waals surface area (Å²) in [5.74, 6) is -3.47. The maximum atomic E-state index is 11.4. The molecule has 0 aliphatic heterocycles. The van der Waals surface area contributed by atoms with Crippen LogP contribution in [0, 0.1) is 0 Å². The standard InChI is InChI=1S/C9H23NO7P2/c1-3-4-5-6-10(2)8(18(12,13)14)7-9(11)19(15,16)17/h8-9,11H,3-7H2,1-2H3,(H2,12,13,14)(H2,15,16,17). The molecule has 10 heteroatoms. The van der Waals surface area contributed by atoms with E-state index in [0.717, 1.165) is 19.3 Å². The third kappa shape index (κ3) is 7.54. The first-order valence-corrected chi connectivity index (χ1v) is 9.35. The van der Waals surface area contributed by atoms with Crippen LogP contribution in [0.25, 0.3) is 0 Å². The summed E-state index contributed by atoms with van der Waals surface area (Å²) in [4.78, 5) is 37.4. The highest BCUT2D eigenvalue weighted by Gasteiger charge is 2.39. The molecule has 2 unspecified atom stereocenters. The Morgan fingerprint density at radius 1 is 1.05 bits per heavy atom. The normalized spacial score (nSPS) is 16.6. The van der Waals surface area contributed by atoms with Crippen LogP contribution < -0.4 is 0 Å². The van der Waals surface area contributed by atoms with E-state index in [1.54, 1.807) is 0 Å². The van der Waals surface area contributed by atoms with Crippen molar-refractivity contribution in [1.82, 2.24) is 4.90 Å². The summed E-state index contributed by atoms with van der Waals surface area (Å²) in [6.45, 7) is 2.37. The van der Waals surface area contributed by atoms with Crippen molar-refractivity contribution >= 4 is 15.2 Å². The van der Waals surface area contributed by atoms with Crippen molar-refractivity contribution in [3.05, 3.63) is 0 Å². The molecule has 0 aromatic heterocycles. The number of nitrogens with zero attached hydrogens (tertiary/aromatic N) is 1. The minimum absolute atomic E-state index is 0.386. The molecule has 0 aliphatic rings. The van der Waals surface area contributed by atoms with Crippen LogP contribution in [0.3, 0.4) is 0 Å². The average Bonchev–Trinajstić information content (AvgIpc) is 2.22. The lowest BCUT2D eigenvalue weighted by Crippen LogP contribution is -2.35. The number of unbranched alkanes of at least 4 members (excludes halogenated alkanes) is 2. The van der Waals surface area contributed by atoms with Crippen LogP contribution in [0.2, 0.25) is 0 Å². The molecule has 5 N–H and O–H groups in total. The van der Waals surface area contributed by atoms with Gasteiger partial charge in [0.25, 0.3) is 0 Å². The van der Waals surface area contributed by atoms with Crippen LogP contribution in [-0.4, -0.2) is 54.8 Å². The molecule has 0 heterocycles. The van der Waals surface area contributed by atoms with Crippen molar-refractivity contribution in [1.29, 1.82) is 0 Å². The second-order valence-electron chi connectivity index (χ2n) is 4.56. The molecule has 19 heavy (non-hydrogen) atoms. The molecule has 0 aliphatic carbocycles. The second-order valence-corrected chi connectivity index (χ2v) is 8.11. The Labute approximate surface area is 112 Å². The molecule has 0 saturated heterocycles. The molecule has 0 saturated carbocycles. The SMILES string of the molecule is CCCCCN(C)C(CC(O)P(=O)(O)O)P(=O)(O)O. The third-order valence-electron chi connectivity index (χ3n) is 2.82. The van der Waals surface area contributed by atoms with E-state index in [1.165, 1.54) is 11.9 Å². The van der Waals surface area contributed by atoms with Crippen LogP contribution in [0.15, 0.2) is 0 Å². The fraction of sp³-hybridized carbons (Fsp3) is 1.00. The smallest absolute Gasteiger partial charge is 0.353 e. The maximum Gasteiger partial charge on any atom is 0.353 e. The second kappa shape index (κ2) is 7.86. The van der Waals surface area contributed by atoms with Crippen molar-refractivity contribution in [2.45, 2.75) is 44.2 Å². The molecular weight excluding hydrogens is 296 g/mol. The van der Waals surface area contributed by atoms with Crippen molar-refractivity contribution in [2.24, 2.45) is 0 Å². The van der Waals surface area contributed by atoms with Gasteiger partial charge in [0.2, 0.25) is 0 Å². The Morgan fingerprint density at radius 3 is 1.95 bits per heavy atom. The molecule has 116 valence electrons. The van der Waals surface area contributed by atoms with Gasteiger partial charge in [0, 0.05) is 6.42 Å². The number of hydrogen-bond donors (Lipinski definition) is 5. The van der Waals surface area contributed by atoms with Crippen LogP contribution in [-0.2, 0) is 9.13 Å². The van der Waals surface area contributed by atoms with Crippen LogP contribution in [0.1, 0.15) is 32.6 Å². The monoisotopic (exact) mass is 319 g/mol. The van der Waals surface area contributed by atoms with Gasteiger partial charge in [-0.15, -0.1) is 0 Å². The highest BCUT2D eigenvalue weighted by Crippen LogP contribution is 2.50. The summed E-state index contributed by atoms with van der Waals surface area (Å²) < 4.78 is 22.2. The first kappa shape index (κ1) is 19.2. The van der Waals surface area contributed by atoms with Crippen molar-refractivity contribution in [3.8, 4) is 0 Å². The fourth-order valence-corrected chi connectivity index (χ4v) is 3.40. The molecule has 0 aromatic rings. The zero-order valence-corrected chi connectivity index (χ0v) is 12.9. The van der Waals surface area contributed by atoms with E-state index < -0.39 is 33.2 Å². The van der Waals surface area contributed by atoms with Gasteiger partial charge in [0.05, 0.1) is 0 Å². The van der Waals surface area contributed by atoms with Gasteiger partial charge in [0.1, 0.15) is 5.78 Å². The number of rotatable bonds is 9. The average molecular weight is 319 g/mol. The summed E-state index contributed by atoms with van der Waals surface area (Å²) in [7, 11) is -7.88. The van der Waals surface area contributed by atoms with Crippen LogP contribution in [0.5, 0.6) is 0 Å². The zero-order valence-electron chi connectivity index (χ0n) is 11.1. The van der Waals surface area contributed by atoms with E-state index in [2.05, 4.69) is 0 Å². The van der Waals surface area contributed by atoms with Gasteiger partial charge >= 0.3 is 15.2 Å². The first-order chi connectivity index (χ1) is 8.50. The van der Waals surface area contributed by atoms with Crippen LogP contribution >= 0.6 is 15.2 Å². The summed E-state index contributed by atoms with van der Waals surface area (Å²) in [6, 6.07) is 0. The predicted molar refractivity (Wildman–Crippen MR) is 70.7 cm³/mol. The van der Waals surface area contributed by atoms with E-state index in [0.29, 0.717) is 6.54 Å². The summed E-state index contributed by atoms with van der Waals surface area (Å²) in [5, 5.41) is 9.31. The summed E-state index contributed by atoms with van der Waals surface area (Å²) >= 11 is 0.